The maximum atomic E-state index is 13.0. The Bertz CT molecular complexity index is 713. The van der Waals surface area contributed by atoms with Crippen LogP contribution in [0.25, 0.3) is 0 Å². The lowest BCUT2D eigenvalue weighted by atomic mass is 10.0. The van der Waals surface area contributed by atoms with Gasteiger partial charge in [-0.1, -0.05) is 55.8 Å². The molecule has 1 aliphatic rings. The number of thioether (sulfide) groups is 1. The van der Waals surface area contributed by atoms with Gasteiger partial charge in [0.25, 0.3) is 5.91 Å². The summed E-state index contributed by atoms with van der Waals surface area (Å²) in [4.78, 5) is 14.0. The van der Waals surface area contributed by atoms with Gasteiger partial charge >= 0.3 is 0 Å². The van der Waals surface area contributed by atoms with Gasteiger partial charge in [0.15, 0.2) is 0 Å². The molecular formula is C23H29NO2S. The van der Waals surface area contributed by atoms with Crippen molar-refractivity contribution < 1.29 is 9.53 Å². The number of benzene rings is 2. The summed E-state index contributed by atoms with van der Waals surface area (Å²) >= 11 is 1.73. The number of nitrogens with one attached hydrogen (secondary N) is 1. The summed E-state index contributed by atoms with van der Waals surface area (Å²) < 4.78 is 5.72. The van der Waals surface area contributed by atoms with Crippen molar-refractivity contribution in [2.45, 2.75) is 56.1 Å². The highest BCUT2D eigenvalue weighted by atomic mass is 32.2. The van der Waals surface area contributed by atoms with Gasteiger partial charge in [-0.05, 0) is 43.4 Å². The summed E-state index contributed by atoms with van der Waals surface area (Å²) in [6.07, 6.45) is 5.48. The lowest BCUT2D eigenvalue weighted by Gasteiger charge is -2.19. The predicted octanol–water partition coefficient (Wildman–Crippen LogP) is 5.10. The molecule has 1 saturated heterocycles. The van der Waals surface area contributed by atoms with Crippen LogP contribution in [-0.4, -0.2) is 30.4 Å². The molecule has 1 aliphatic heterocycles. The Morgan fingerprint density at radius 2 is 1.96 bits per heavy atom. The van der Waals surface area contributed by atoms with Gasteiger partial charge in [0.2, 0.25) is 0 Å². The van der Waals surface area contributed by atoms with E-state index in [0.717, 1.165) is 54.9 Å². The first kappa shape index (κ1) is 20.0. The lowest BCUT2D eigenvalue weighted by molar-refractivity contribution is 0.0931. The Balaban J connectivity index is 1.64. The minimum absolute atomic E-state index is 0.0276. The Morgan fingerprint density at radius 1 is 1.19 bits per heavy atom. The van der Waals surface area contributed by atoms with Crippen LogP contribution in [-0.2, 0) is 11.2 Å². The Morgan fingerprint density at radius 3 is 2.70 bits per heavy atom. The average Bonchev–Trinajstić information content (AvgIpc) is 3.21. The van der Waals surface area contributed by atoms with Gasteiger partial charge in [-0.15, -0.1) is 11.8 Å². The zero-order chi connectivity index (χ0) is 18.9. The summed E-state index contributed by atoms with van der Waals surface area (Å²) in [5.74, 6) is 0.937. The normalized spacial score (nSPS) is 17.6. The van der Waals surface area contributed by atoms with Crippen molar-refractivity contribution in [3.8, 4) is 0 Å². The number of carbonyl (C=O) groups is 1. The van der Waals surface area contributed by atoms with Crippen molar-refractivity contribution in [3.63, 3.8) is 0 Å². The summed E-state index contributed by atoms with van der Waals surface area (Å²) in [7, 11) is 0. The SMILES string of the molecule is CCCC(Cc1ccccc1)NC(=O)c1ccccc1SCC1CCCO1. The van der Waals surface area contributed by atoms with Crippen molar-refractivity contribution in [2.75, 3.05) is 12.4 Å². The standard InChI is InChI=1S/C23H29NO2S/c1-2-9-19(16-18-10-4-3-5-11-18)24-23(25)21-13-6-7-14-22(21)27-17-20-12-8-15-26-20/h3-7,10-11,13-14,19-20H,2,8-9,12,15-17H2,1H3,(H,24,25). The van der Waals surface area contributed by atoms with Gasteiger partial charge in [-0.2, -0.15) is 0 Å². The van der Waals surface area contributed by atoms with E-state index in [4.69, 9.17) is 4.74 Å². The number of amides is 1. The van der Waals surface area contributed by atoms with E-state index in [-0.39, 0.29) is 11.9 Å². The van der Waals surface area contributed by atoms with Crippen LogP contribution < -0.4 is 5.32 Å². The molecule has 2 atom stereocenters. The van der Waals surface area contributed by atoms with E-state index in [1.807, 2.05) is 30.3 Å². The minimum atomic E-state index is 0.0276. The van der Waals surface area contributed by atoms with E-state index in [1.54, 1.807) is 11.8 Å². The molecule has 0 bridgehead atoms. The summed E-state index contributed by atoms with van der Waals surface area (Å²) in [6.45, 7) is 3.03. The number of hydrogen-bond donors (Lipinski definition) is 1. The van der Waals surface area contributed by atoms with Crippen LogP contribution in [0.15, 0.2) is 59.5 Å². The second-order valence-electron chi connectivity index (χ2n) is 7.09. The summed E-state index contributed by atoms with van der Waals surface area (Å²) in [5, 5.41) is 3.27. The van der Waals surface area contributed by atoms with E-state index in [0.29, 0.717) is 6.10 Å². The van der Waals surface area contributed by atoms with Gasteiger partial charge in [-0.25, -0.2) is 0 Å². The molecule has 1 amide bonds. The lowest BCUT2D eigenvalue weighted by Crippen LogP contribution is -2.36. The monoisotopic (exact) mass is 383 g/mol. The van der Waals surface area contributed by atoms with Gasteiger partial charge < -0.3 is 10.1 Å². The molecular weight excluding hydrogens is 354 g/mol. The van der Waals surface area contributed by atoms with Crippen LogP contribution in [0.1, 0.15) is 48.5 Å². The second kappa shape index (κ2) is 10.5. The topological polar surface area (TPSA) is 38.3 Å². The van der Waals surface area contributed by atoms with Crippen LogP contribution in [0.3, 0.4) is 0 Å². The molecule has 0 aliphatic carbocycles. The fourth-order valence-corrected chi connectivity index (χ4v) is 4.59. The maximum Gasteiger partial charge on any atom is 0.252 e. The maximum absolute atomic E-state index is 13.0. The first-order chi connectivity index (χ1) is 13.3. The summed E-state index contributed by atoms with van der Waals surface area (Å²) in [5.41, 5.74) is 2.03. The van der Waals surface area contributed by atoms with Crippen LogP contribution >= 0.6 is 11.8 Å². The van der Waals surface area contributed by atoms with Crippen molar-refractivity contribution in [1.82, 2.24) is 5.32 Å². The number of carbonyl (C=O) groups excluding carboxylic acids is 1. The Kier molecular flexibility index (Phi) is 7.79. The highest BCUT2D eigenvalue weighted by Crippen LogP contribution is 2.27. The Labute approximate surface area is 166 Å². The van der Waals surface area contributed by atoms with E-state index in [9.17, 15) is 4.79 Å². The molecule has 1 N–H and O–H groups in total. The quantitative estimate of drug-likeness (QED) is 0.612. The molecule has 1 fully saturated rings. The third-order valence-electron chi connectivity index (χ3n) is 4.88. The molecule has 144 valence electrons. The van der Waals surface area contributed by atoms with E-state index >= 15 is 0 Å². The van der Waals surface area contributed by atoms with Gasteiger partial charge in [0, 0.05) is 23.3 Å². The molecule has 0 saturated carbocycles. The highest BCUT2D eigenvalue weighted by molar-refractivity contribution is 7.99. The number of hydrogen-bond acceptors (Lipinski definition) is 3. The third kappa shape index (κ3) is 6.12. The molecule has 3 nitrogen and oxygen atoms in total. The largest absolute Gasteiger partial charge is 0.377 e. The second-order valence-corrected chi connectivity index (χ2v) is 8.15. The third-order valence-corrected chi connectivity index (χ3v) is 6.08. The van der Waals surface area contributed by atoms with E-state index < -0.39 is 0 Å². The van der Waals surface area contributed by atoms with E-state index in [2.05, 4.69) is 36.5 Å². The number of ether oxygens (including phenoxy) is 1. The minimum Gasteiger partial charge on any atom is -0.377 e. The van der Waals surface area contributed by atoms with Crippen molar-refractivity contribution in [1.29, 1.82) is 0 Å². The first-order valence-corrected chi connectivity index (χ1v) is 10.9. The van der Waals surface area contributed by atoms with Gasteiger partial charge in [0.05, 0.1) is 11.7 Å². The zero-order valence-electron chi connectivity index (χ0n) is 16.0. The molecule has 27 heavy (non-hydrogen) atoms. The number of rotatable bonds is 9. The molecule has 0 aromatic heterocycles. The first-order valence-electron chi connectivity index (χ1n) is 9.94. The smallest absolute Gasteiger partial charge is 0.252 e. The van der Waals surface area contributed by atoms with Crippen molar-refractivity contribution in [3.05, 3.63) is 65.7 Å². The van der Waals surface area contributed by atoms with Crippen molar-refractivity contribution >= 4 is 17.7 Å². The fraction of sp³-hybridized carbons (Fsp3) is 0.435. The molecule has 2 unspecified atom stereocenters. The molecule has 0 spiro atoms. The van der Waals surface area contributed by atoms with Crippen molar-refractivity contribution in [2.24, 2.45) is 0 Å². The molecule has 2 aromatic rings. The average molecular weight is 384 g/mol. The van der Waals surface area contributed by atoms with Crippen LogP contribution in [0, 0.1) is 0 Å². The van der Waals surface area contributed by atoms with Crippen LogP contribution in [0.5, 0.6) is 0 Å². The van der Waals surface area contributed by atoms with E-state index in [1.165, 1.54) is 5.56 Å². The zero-order valence-corrected chi connectivity index (χ0v) is 16.8. The van der Waals surface area contributed by atoms with Gasteiger partial charge in [0.1, 0.15) is 0 Å². The molecule has 0 radical (unpaired) electrons. The summed E-state index contributed by atoms with van der Waals surface area (Å²) in [6, 6.07) is 18.5. The highest BCUT2D eigenvalue weighted by Gasteiger charge is 2.19. The molecule has 3 rings (SSSR count). The molecule has 4 heteroatoms. The molecule has 1 heterocycles. The van der Waals surface area contributed by atoms with Crippen LogP contribution in [0.4, 0.5) is 0 Å². The fourth-order valence-electron chi connectivity index (χ4n) is 3.47. The van der Waals surface area contributed by atoms with Gasteiger partial charge in [-0.3, -0.25) is 4.79 Å². The molecule has 2 aromatic carbocycles. The predicted molar refractivity (Wildman–Crippen MR) is 112 cm³/mol. The Hall–Kier alpha value is -1.78. The van der Waals surface area contributed by atoms with Crippen LogP contribution in [0.2, 0.25) is 0 Å².